The maximum Gasteiger partial charge on any atom is 0.244 e. The average molecular weight is 340 g/mol. The van der Waals surface area contributed by atoms with Gasteiger partial charge in [0.15, 0.2) is 11.5 Å². The minimum absolute atomic E-state index is 0.113. The third kappa shape index (κ3) is 3.77. The smallest absolute Gasteiger partial charge is 0.244 e. The Kier molecular flexibility index (Phi) is 5.17. The van der Waals surface area contributed by atoms with Gasteiger partial charge in [-0.1, -0.05) is 6.07 Å². The van der Waals surface area contributed by atoms with Gasteiger partial charge in [-0.2, -0.15) is 0 Å². The van der Waals surface area contributed by atoms with E-state index in [2.05, 4.69) is 9.71 Å². The first kappa shape index (κ1) is 17.2. The van der Waals surface area contributed by atoms with E-state index in [1.807, 2.05) is 0 Å². The molecule has 1 N–H and O–H groups in total. The molecular weight excluding hydrogens is 323 g/mol. The van der Waals surface area contributed by atoms with Crippen molar-refractivity contribution in [3.8, 4) is 11.5 Å². The second-order valence-electron chi connectivity index (χ2n) is 4.74. The number of nitrogens with one attached hydrogen (secondary N) is 1. The van der Waals surface area contributed by atoms with Gasteiger partial charge in [0.25, 0.3) is 0 Å². The van der Waals surface area contributed by atoms with Crippen molar-refractivity contribution in [2.24, 2.45) is 0 Å². The van der Waals surface area contributed by atoms with Gasteiger partial charge in [0.1, 0.15) is 10.7 Å². The molecule has 0 amide bonds. The molecule has 8 heteroatoms. The molecule has 124 valence electrons. The van der Waals surface area contributed by atoms with Crippen LogP contribution in [0.15, 0.2) is 41.4 Å². The zero-order chi connectivity index (χ0) is 17.0. The fourth-order valence-electron chi connectivity index (χ4n) is 2.03. The van der Waals surface area contributed by atoms with Crippen LogP contribution in [-0.4, -0.2) is 27.6 Å². The molecule has 1 unspecified atom stereocenters. The van der Waals surface area contributed by atoms with Crippen LogP contribution in [0.25, 0.3) is 0 Å². The second kappa shape index (κ2) is 6.93. The van der Waals surface area contributed by atoms with Crippen molar-refractivity contribution >= 4 is 10.0 Å². The summed E-state index contributed by atoms with van der Waals surface area (Å²) in [5, 5.41) is 0. The summed E-state index contributed by atoms with van der Waals surface area (Å²) in [5.74, 6) is -0.690. The number of halogens is 1. The van der Waals surface area contributed by atoms with Crippen molar-refractivity contribution in [2.75, 3.05) is 14.2 Å². The molecule has 2 aromatic rings. The van der Waals surface area contributed by atoms with Crippen molar-refractivity contribution in [3.05, 3.63) is 48.0 Å². The highest BCUT2D eigenvalue weighted by molar-refractivity contribution is 7.89. The van der Waals surface area contributed by atoms with Crippen LogP contribution in [0.1, 0.15) is 18.7 Å². The molecule has 0 spiro atoms. The minimum Gasteiger partial charge on any atom is -0.493 e. The van der Waals surface area contributed by atoms with E-state index in [-0.39, 0.29) is 11.5 Å². The number of ether oxygens (including phenoxy) is 2. The molecule has 23 heavy (non-hydrogen) atoms. The van der Waals surface area contributed by atoms with Gasteiger partial charge in [-0.25, -0.2) is 17.5 Å². The van der Waals surface area contributed by atoms with Crippen LogP contribution in [0, 0.1) is 5.82 Å². The van der Waals surface area contributed by atoms with E-state index < -0.39 is 26.8 Å². The van der Waals surface area contributed by atoms with Crippen LogP contribution in [-0.2, 0) is 10.0 Å². The Morgan fingerprint density at radius 3 is 2.39 bits per heavy atom. The predicted octanol–water partition coefficient (Wildman–Crippen LogP) is 2.28. The van der Waals surface area contributed by atoms with Gasteiger partial charge in [-0.15, -0.1) is 0 Å². The Balaban J connectivity index is 2.36. The molecular formula is C15H17FN2O4S. The lowest BCUT2D eigenvalue weighted by molar-refractivity contribution is 0.350. The Morgan fingerprint density at radius 2 is 1.83 bits per heavy atom. The molecule has 6 nitrogen and oxygen atoms in total. The molecule has 1 heterocycles. The fraction of sp³-hybridized carbons (Fsp3) is 0.267. The summed E-state index contributed by atoms with van der Waals surface area (Å²) in [6.45, 7) is 1.62. The number of hydrogen-bond donors (Lipinski definition) is 1. The molecule has 0 aliphatic carbocycles. The first-order chi connectivity index (χ1) is 10.9. The van der Waals surface area contributed by atoms with Crippen LogP contribution >= 0.6 is 0 Å². The SMILES string of the molecule is COc1cc(F)c(S(=O)(=O)NC(C)c2ccccn2)cc1OC. The Morgan fingerprint density at radius 1 is 1.17 bits per heavy atom. The van der Waals surface area contributed by atoms with Gasteiger partial charge in [-0.3, -0.25) is 4.98 Å². The van der Waals surface area contributed by atoms with E-state index in [9.17, 15) is 12.8 Å². The summed E-state index contributed by atoms with van der Waals surface area (Å²) in [4.78, 5) is 3.56. The second-order valence-corrected chi connectivity index (χ2v) is 6.42. The summed E-state index contributed by atoms with van der Waals surface area (Å²) in [6, 6.07) is 6.58. The number of aromatic nitrogens is 1. The fourth-order valence-corrected chi connectivity index (χ4v) is 3.32. The standard InChI is InChI=1S/C15H17FN2O4S/c1-10(12-6-4-5-7-17-12)18-23(19,20)15-9-14(22-3)13(21-2)8-11(15)16/h4-10,18H,1-3H3. The molecule has 0 aliphatic heterocycles. The number of nitrogens with zero attached hydrogens (tertiary/aromatic N) is 1. The Bertz CT molecular complexity index is 782. The zero-order valence-corrected chi connectivity index (χ0v) is 13.7. The van der Waals surface area contributed by atoms with E-state index >= 15 is 0 Å². The Labute approximate surface area is 134 Å². The third-order valence-electron chi connectivity index (χ3n) is 3.19. The number of sulfonamides is 1. The number of pyridine rings is 1. The van der Waals surface area contributed by atoms with E-state index in [1.165, 1.54) is 14.2 Å². The van der Waals surface area contributed by atoms with Gasteiger partial charge in [0.05, 0.1) is 26.0 Å². The molecule has 0 aliphatic rings. The molecule has 1 aromatic carbocycles. The van der Waals surface area contributed by atoms with Crippen molar-refractivity contribution < 1.29 is 22.3 Å². The van der Waals surface area contributed by atoms with E-state index in [0.29, 0.717) is 5.69 Å². The number of hydrogen-bond acceptors (Lipinski definition) is 5. The van der Waals surface area contributed by atoms with Crippen molar-refractivity contribution in [2.45, 2.75) is 17.9 Å². The molecule has 1 aromatic heterocycles. The molecule has 1 atom stereocenters. The van der Waals surface area contributed by atoms with Crippen LogP contribution in [0.4, 0.5) is 4.39 Å². The molecule has 0 radical (unpaired) electrons. The van der Waals surface area contributed by atoms with Gasteiger partial charge < -0.3 is 9.47 Å². The monoisotopic (exact) mass is 340 g/mol. The van der Waals surface area contributed by atoms with Gasteiger partial charge in [0, 0.05) is 18.3 Å². The summed E-state index contributed by atoms with van der Waals surface area (Å²) in [5.41, 5.74) is 0.525. The van der Waals surface area contributed by atoms with Gasteiger partial charge >= 0.3 is 0 Å². The highest BCUT2D eigenvalue weighted by Crippen LogP contribution is 2.32. The summed E-state index contributed by atoms with van der Waals surface area (Å²) in [6.07, 6.45) is 1.55. The lowest BCUT2D eigenvalue weighted by Gasteiger charge is -2.15. The predicted molar refractivity (Wildman–Crippen MR) is 82.5 cm³/mol. The summed E-state index contributed by atoms with van der Waals surface area (Å²) in [7, 11) is -1.41. The van der Waals surface area contributed by atoms with Crippen molar-refractivity contribution in [1.29, 1.82) is 0 Å². The third-order valence-corrected chi connectivity index (χ3v) is 4.75. The molecule has 0 fully saturated rings. The largest absolute Gasteiger partial charge is 0.493 e. The van der Waals surface area contributed by atoms with E-state index in [4.69, 9.17) is 9.47 Å². The van der Waals surface area contributed by atoms with Gasteiger partial charge in [0.2, 0.25) is 10.0 Å². The van der Waals surface area contributed by atoms with Crippen LogP contribution in [0.3, 0.4) is 0 Å². The number of benzene rings is 1. The maximum atomic E-state index is 14.1. The van der Waals surface area contributed by atoms with Crippen LogP contribution in [0.2, 0.25) is 0 Å². The van der Waals surface area contributed by atoms with Crippen LogP contribution < -0.4 is 14.2 Å². The lowest BCUT2D eigenvalue weighted by atomic mass is 10.2. The van der Waals surface area contributed by atoms with E-state index in [0.717, 1.165) is 12.1 Å². The highest BCUT2D eigenvalue weighted by Gasteiger charge is 2.25. The summed E-state index contributed by atoms with van der Waals surface area (Å²) < 4.78 is 51.3. The normalized spacial score (nSPS) is 12.7. The van der Waals surface area contributed by atoms with Gasteiger partial charge in [-0.05, 0) is 19.1 Å². The maximum absolute atomic E-state index is 14.1. The van der Waals surface area contributed by atoms with E-state index in [1.54, 1.807) is 31.3 Å². The number of rotatable bonds is 6. The lowest BCUT2D eigenvalue weighted by Crippen LogP contribution is -2.28. The van der Waals surface area contributed by atoms with Crippen LogP contribution in [0.5, 0.6) is 11.5 Å². The highest BCUT2D eigenvalue weighted by atomic mass is 32.2. The van der Waals surface area contributed by atoms with Crippen molar-refractivity contribution in [3.63, 3.8) is 0 Å². The quantitative estimate of drug-likeness (QED) is 0.873. The number of methoxy groups -OCH3 is 2. The Hall–Kier alpha value is -2.19. The first-order valence-corrected chi connectivity index (χ1v) is 8.22. The molecule has 0 saturated heterocycles. The first-order valence-electron chi connectivity index (χ1n) is 6.74. The molecule has 0 saturated carbocycles. The summed E-state index contributed by atoms with van der Waals surface area (Å²) >= 11 is 0. The minimum atomic E-state index is -4.10. The zero-order valence-electron chi connectivity index (χ0n) is 12.9. The van der Waals surface area contributed by atoms with Crippen molar-refractivity contribution in [1.82, 2.24) is 9.71 Å². The topological polar surface area (TPSA) is 77.5 Å². The average Bonchev–Trinajstić information content (AvgIpc) is 2.54. The molecule has 0 bridgehead atoms. The molecule has 2 rings (SSSR count).